The van der Waals surface area contributed by atoms with E-state index in [-0.39, 0.29) is 17.9 Å². The highest BCUT2D eigenvalue weighted by molar-refractivity contribution is 7.99. The third-order valence-electron chi connectivity index (χ3n) is 5.01. The van der Waals surface area contributed by atoms with Gasteiger partial charge in [0.2, 0.25) is 5.91 Å². The fraction of sp³-hybridized carbons (Fsp3) is 0.579. The molecule has 0 atom stereocenters. The minimum Gasteiger partial charge on any atom is -0.349 e. The largest absolute Gasteiger partial charge is 0.349 e. The van der Waals surface area contributed by atoms with Gasteiger partial charge in [0, 0.05) is 42.1 Å². The molecular weight excluding hydrogens is 320 g/mol. The van der Waals surface area contributed by atoms with Crippen molar-refractivity contribution in [2.24, 2.45) is 5.92 Å². The van der Waals surface area contributed by atoms with Crippen LogP contribution >= 0.6 is 11.8 Å². The number of amides is 2. The molecule has 0 bridgehead atoms. The van der Waals surface area contributed by atoms with Crippen LogP contribution < -0.4 is 5.32 Å². The quantitative estimate of drug-likeness (QED) is 0.915. The van der Waals surface area contributed by atoms with Crippen molar-refractivity contribution in [1.29, 1.82) is 0 Å². The molecule has 1 N–H and O–H groups in total. The van der Waals surface area contributed by atoms with Crippen LogP contribution in [0.1, 0.15) is 41.6 Å². The molecule has 130 valence electrons. The van der Waals surface area contributed by atoms with E-state index < -0.39 is 0 Å². The predicted octanol–water partition coefficient (Wildman–Crippen LogP) is 2.86. The predicted molar refractivity (Wildman–Crippen MR) is 98.3 cm³/mol. The minimum atomic E-state index is 0.00142. The van der Waals surface area contributed by atoms with Gasteiger partial charge in [-0.05, 0) is 44.7 Å². The zero-order valence-electron chi connectivity index (χ0n) is 14.3. The Morgan fingerprint density at radius 3 is 2.50 bits per heavy atom. The lowest BCUT2D eigenvalue weighted by atomic mass is 9.85. The van der Waals surface area contributed by atoms with Crippen LogP contribution in [0.2, 0.25) is 0 Å². The van der Waals surface area contributed by atoms with Gasteiger partial charge in [-0.3, -0.25) is 9.59 Å². The van der Waals surface area contributed by atoms with Crippen LogP contribution in [0.15, 0.2) is 24.3 Å². The Morgan fingerprint density at radius 2 is 1.83 bits per heavy atom. The molecule has 2 amide bonds. The van der Waals surface area contributed by atoms with E-state index in [0.717, 1.165) is 61.4 Å². The Morgan fingerprint density at radius 1 is 1.12 bits per heavy atom. The molecular formula is C19H26N2O2S. The summed E-state index contributed by atoms with van der Waals surface area (Å²) in [5.41, 5.74) is 1.82. The van der Waals surface area contributed by atoms with Gasteiger partial charge in [0.15, 0.2) is 0 Å². The summed E-state index contributed by atoms with van der Waals surface area (Å²) < 4.78 is 0. The highest BCUT2D eigenvalue weighted by atomic mass is 32.2. The highest BCUT2D eigenvalue weighted by Gasteiger charge is 2.30. The summed E-state index contributed by atoms with van der Waals surface area (Å²) in [5, 5.41) is 3.13. The number of nitrogens with one attached hydrogen (secondary N) is 1. The second kappa shape index (κ2) is 8.06. The van der Waals surface area contributed by atoms with Gasteiger partial charge in [-0.1, -0.05) is 17.7 Å². The normalized spacial score (nSPS) is 24.5. The van der Waals surface area contributed by atoms with E-state index in [1.165, 1.54) is 0 Å². The van der Waals surface area contributed by atoms with Crippen molar-refractivity contribution >= 4 is 23.6 Å². The zero-order valence-corrected chi connectivity index (χ0v) is 15.1. The van der Waals surface area contributed by atoms with Crippen LogP contribution in [0.3, 0.4) is 0 Å². The molecule has 1 saturated heterocycles. The Balaban J connectivity index is 1.48. The van der Waals surface area contributed by atoms with Crippen molar-refractivity contribution in [3.63, 3.8) is 0 Å². The van der Waals surface area contributed by atoms with E-state index >= 15 is 0 Å². The fourth-order valence-corrected chi connectivity index (χ4v) is 4.48. The molecule has 1 aromatic rings. The first-order valence-electron chi connectivity index (χ1n) is 8.87. The molecule has 2 aliphatic rings. The molecule has 1 heterocycles. The summed E-state index contributed by atoms with van der Waals surface area (Å²) in [6.45, 7) is 3.79. The number of rotatable bonds is 3. The number of carbonyl (C=O) groups excluding carboxylic acids is 2. The molecule has 1 saturated carbocycles. The Kier molecular flexibility index (Phi) is 5.82. The van der Waals surface area contributed by atoms with Gasteiger partial charge in [-0.15, -0.1) is 0 Å². The minimum absolute atomic E-state index is 0.00142. The van der Waals surface area contributed by atoms with Gasteiger partial charge in [-0.25, -0.2) is 0 Å². The molecule has 1 aliphatic heterocycles. The van der Waals surface area contributed by atoms with Gasteiger partial charge >= 0.3 is 0 Å². The molecule has 3 rings (SSSR count). The molecule has 5 heteroatoms. The van der Waals surface area contributed by atoms with Gasteiger partial charge in [0.05, 0.1) is 0 Å². The van der Waals surface area contributed by atoms with E-state index in [0.29, 0.717) is 5.91 Å². The monoisotopic (exact) mass is 346 g/mol. The van der Waals surface area contributed by atoms with E-state index in [9.17, 15) is 9.59 Å². The Labute approximate surface area is 148 Å². The smallest absolute Gasteiger partial charge is 0.251 e. The molecule has 1 aliphatic carbocycles. The van der Waals surface area contributed by atoms with Crippen LogP contribution in [0.5, 0.6) is 0 Å². The maximum atomic E-state index is 12.6. The molecule has 2 fully saturated rings. The summed E-state index contributed by atoms with van der Waals surface area (Å²) in [6, 6.07) is 7.87. The van der Waals surface area contributed by atoms with Crippen LogP contribution in [-0.4, -0.2) is 47.4 Å². The Hall–Kier alpha value is -1.49. The number of carbonyl (C=O) groups is 2. The number of aryl methyl sites for hydroxylation is 1. The molecule has 0 radical (unpaired) electrons. The third-order valence-corrected chi connectivity index (χ3v) is 5.96. The van der Waals surface area contributed by atoms with E-state index in [1.807, 2.05) is 47.9 Å². The van der Waals surface area contributed by atoms with E-state index in [2.05, 4.69) is 5.32 Å². The average molecular weight is 346 g/mol. The second-order valence-electron chi connectivity index (χ2n) is 6.83. The topological polar surface area (TPSA) is 49.4 Å². The lowest BCUT2D eigenvalue weighted by molar-refractivity contribution is -0.136. The molecule has 4 nitrogen and oxygen atoms in total. The van der Waals surface area contributed by atoms with Crippen molar-refractivity contribution in [3.8, 4) is 0 Å². The SMILES string of the molecule is Cc1cccc(C(=O)NC2CCC(C(=O)N3CCSCC3)CC2)c1. The van der Waals surface area contributed by atoms with Crippen LogP contribution in [0.25, 0.3) is 0 Å². The van der Waals surface area contributed by atoms with Crippen LogP contribution in [0, 0.1) is 12.8 Å². The summed E-state index contributed by atoms with van der Waals surface area (Å²) >= 11 is 1.93. The number of nitrogens with zero attached hydrogens (tertiary/aromatic N) is 1. The summed E-state index contributed by atoms with van der Waals surface area (Å²) in [5.74, 6) is 2.61. The average Bonchev–Trinajstić information content (AvgIpc) is 2.62. The van der Waals surface area contributed by atoms with Gasteiger partial charge in [-0.2, -0.15) is 11.8 Å². The van der Waals surface area contributed by atoms with E-state index in [4.69, 9.17) is 0 Å². The summed E-state index contributed by atoms with van der Waals surface area (Å²) in [6.07, 6.45) is 3.58. The van der Waals surface area contributed by atoms with Crippen molar-refractivity contribution in [2.45, 2.75) is 38.6 Å². The maximum Gasteiger partial charge on any atom is 0.251 e. The van der Waals surface area contributed by atoms with Crippen molar-refractivity contribution in [2.75, 3.05) is 24.6 Å². The third kappa shape index (κ3) is 4.32. The summed E-state index contributed by atoms with van der Waals surface area (Å²) in [4.78, 5) is 26.9. The first-order chi connectivity index (χ1) is 11.6. The van der Waals surface area contributed by atoms with E-state index in [1.54, 1.807) is 0 Å². The molecule has 0 spiro atoms. The van der Waals surface area contributed by atoms with Crippen molar-refractivity contribution < 1.29 is 9.59 Å². The van der Waals surface area contributed by atoms with Crippen molar-refractivity contribution in [3.05, 3.63) is 35.4 Å². The number of thioether (sulfide) groups is 1. The van der Waals surface area contributed by atoms with Crippen molar-refractivity contribution in [1.82, 2.24) is 10.2 Å². The van der Waals surface area contributed by atoms with Crippen LogP contribution in [-0.2, 0) is 4.79 Å². The first-order valence-corrected chi connectivity index (χ1v) is 10.0. The molecule has 0 unspecified atom stereocenters. The van der Waals surface area contributed by atoms with Crippen LogP contribution in [0.4, 0.5) is 0 Å². The lowest BCUT2D eigenvalue weighted by Gasteiger charge is -2.34. The van der Waals surface area contributed by atoms with Gasteiger partial charge in [0.25, 0.3) is 5.91 Å². The molecule has 24 heavy (non-hydrogen) atoms. The lowest BCUT2D eigenvalue weighted by Crippen LogP contribution is -2.44. The van der Waals surface area contributed by atoms with Gasteiger partial charge in [0.1, 0.15) is 0 Å². The molecule has 0 aromatic heterocycles. The summed E-state index contributed by atoms with van der Waals surface area (Å²) in [7, 11) is 0. The molecule has 1 aromatic carbocycles. The first kappa shape index (κ1) is 17.3. The maximum absolute atomic E-state index is 12.6. The number of hydrogen-bond acceptors (Lipinski definition) is 3. The number of benzene rings is 1. The zero-order chi connectivity index (χ0) is 16.9. The van der Waals surface area contributed by atoms with Gasteiger partial charge < -0.3 is 10.2 Å². The number of hydrogen-bond donors (Lipinski definition) is 1. The second-order valence-corrected chi connectivity index (χ2v) is 8.05. The Bertz CT molecular complexity index is 591. The fourth-order valence-electron chi connectivity index (χ4n) is 3.58. The standard InChI is InChI=1S/C19H26N2O2S/c1-14-3-2-4-16(13-14)18(22)20-17-7-5-15(6-8-17)19(23)21-9-11-24-12-10-21/h2-4,13,15,17H,5-12H2,1H3,(H,20,22). The highest BCUT2D eigenvalue weighted by Crippen LogP contribution is 2.27.